The third-order valence-electron chi connectivity index (χ3n) is 2.17. The molecule has 0 bridgehead atoms. The minimum Gasteiger partial charge on any atom is -0.363 e. The minimum atomic E-state index is -0.0316. The maximum Gasteiger partial charge on any atom is 0.285 e. The van der Waals surface area contributed by atoms with Gasteiger partial charge in [-0.3, -0.25) is 4.79 Å². The first kappa shape index (κ1) is 12.9. The van der Waals surface area contributed by atoms with Crippen LogP contribution in [0.2, 0.25) is 0 Å². The molecule has 0 unspecified atom stereocenters. The predicted molar refractivity (Wildman–Crippen MR) is 65.9 cm³/mol. The number of anilines is 1. The smallest absolute Gasteiger partial charge is 0.285 e. The van der Waals surface area contributed by atoms with Crippen LogP contribution in [0.3, 0.4) is 0 Å². The lowest BCUT2D eigenvalue weighted by Crippen LogP contribution is -2.37. The summed E-state index contributed by atoms with van der Waals surface area (Å²) in [5.74, 6) is -0.0316. The number of rotatable bonds is 5. The molecule has 5 nitrogen and oxygen atoms in total. The fourth-order valence-corrected chi connectivity index (χ4v) is 2.02. The molecule has 0 aromatic carbocycles. The highest BCUT2D eigenvalue weighted by Crippen LogP contribution is 2.17. The van der Waals surface area contributed by atoms with Crippen molar-refractivity contribution in [2.75, 3.05) is 18.9 Å². The highest BCUT2D eigenvalue weighted by molar-refractivity contribution is 7.17. The van der Waals surface area contributed by atoms with E-state index in [-0.39, 0.29) is 11.9 Å². The van der Waals surface area contributed by atoms with Crippen LogP contribution in [-0.2, 0) is 0 Å². The number of carbonyl (C=O) groups excluding carboxylic acids is 1. The van der Waals surface area contributed by atoms with Gasteiger partial charge < -0.3 is 10.2 Å². The van der Waals surface area contributed by atoms with Crippen molar-refractivity contribution in [2.24, 2.45) is 0 Å². The van der Waals surface area contributed by atoms with Crippen LogP contribution in [-0.4, -0.2) is 40.6 Å². The third-order valence-corrected chi connectivity index (χ3v) is 3.10. The second kappa shape index (κ2) is 5.79. The number of carbonyl (C=O) groups is 1. The van der Waals surface area contributed by atoms with Crippen LogP contribution < -0.4 is 5.32 Å². The topological polar surface area (TPSA) is 58.1 Å². The van der Waals surface area contributed by atoms with Crippen molar-refractivity contribution < 1.29 is 4.79 Å². The summed E-state index contributed by atoms with van der Waals surface area (Å²) in [5, 5.41) is 11.8. The Balaban J connectivity index is 2.81. The van der Waals surface area contributed by atoms with Gasteiger partial charge in [0.2, 0.25) is 10.1 Å². The summed E-state index contributed by atoms with van der Waals surface area (Å²) in [7, 11) is 1.76. The predicted octanol–water partition coefficient (Wildman–Crippen LogP) is 1.84. The van der Waals surface area contributed by atoms with E-state index in [1.807, 2.05) is 18.7 Å². The summed E-state index contributed by atoms with van der Waals surface area (Å²) in [6.45, 7) is 6.83. The molecule has 90 valence electrons. The Morgan fingerprint density at radius 3 is 2.62 bits per heavy atom. The summed E-state index contributed by atoms with van der Waals surface area (Å²) in [5.41, 5.74) is 0. The number of hydrogen-bond donors (Lipinski definition) is 1. The molecule has 0 aliphatic carbocycles. The van der Waals surface area contributed by atoms with Crippen LogP contribution in [0, 0.1) is 0 Å². The minimum absolute atomic E-state index is 0.0316. The van der Waals surface area contributed by atoms with E-state index in [2.05, 4.69) is 22.4 Å². The summed E-state index contributed by atoms with van der Waals surface area (Å²) in [6, 6.07) is 0.189. The van der Waals surface area contributed by atoms with E-state index < -0.39 is 0 Å². The van der Waals surface area contributed by atoms with Gasteiger partial charge >= 0.3 is 0 Å². The Labute approximate surface area is 99.9 Å². The van der Waals surface area contributed by atoms with Gasteiger partial charge in [-0.05, 0) is 20.3 Å². The molecule has 1 amide bonds. The Bertz CT molecular complexity index is 350. The van der Waals surface area contributed by atoms with Crippen molar-refractivity contribution in [3.8, 4) is 0 Å². The van der Waals surface area contributed by atoms with Crippen molar-refractivity contribution in [3.05, 3.63) is 5.01 Å². The first-order valence-corrected chi connectivity index (χ1v) is 6.24. The lowest BCUT2D eigenvalue weighted by Gasteiger charge is -2.24. The van der Waals surface area contributed by atoms with Gasteiger partial charge in [0.1, 0.15) is 0 Å². The Hall–Kier alpha value is -1.17. The van der Waals surface area contributed by atoms with Crippen molar-refractivity contribution in [3.63, 3.8) is 0 Å². The molecule has 0 aliphatic heterocycles. The van der Waals surface area contributed by atoms with Gasteiger partial charge in [-0.2, -0.15) is 0 Å². The normalized spacial score (nSPS) is 10.6. The van der Waals surface area contributed by atoms with E-state index in [1.54, 1.807) is 7.05 Å². The summed E-state index contributed by atoms with van der Waals surface area (Å²) in [6.07, 6.45) is 0.946. The highest BCUT2D eigenvalue weighted by Gasteiger charge is 2.21. The van der Waals surface area contributed by atoms with Gasteiger partial charge in [-0.15, -0.1) is 10.2 Å². The van der Waals surface area contributed by atoms with Crippen molar-refractivity contribution >= 4 is 22.4 Å². The Morgan fingerprint density at radius 1 is 1.50 bits per heavy atom. The van der Waals surface area contributed by atoms with Crippen LogP contribution in [0.25, 0.3) is 0 Å². The van der Waals surface area contributed by atoms with Crippen molar-refractivity contribution in [1.82, 2.24) is 15.1 Å². The molecule has 6 heteroatoms. The number of aromatic nitrogens is 2. The molecular formula is C10H18N4OS. The van der Waals surface area contributed by atoms with Gasteiger partial charge in [0.25, 0.3) is 5.91 Å². The SMILES string of the molecule is CCCN(C(=O)c1nnc(NC)s1)C(C)C. The summed E-state index contributed by atoms with van der Waals surface area (Å²) >= 11 is 1.29. The zero-order valence-electron chi connectivity index (χ0n) is 10.1. The maximum atomic E-state index is 12.1. The zero-order chi connectivity index (χ0) is 12.1. The van der Waals surface area contributed by atoms with Crippen LogP contribution in [0.15, 0.2) is 0 Å². The van der Waals surface area contributed by atoms with Crippen LogP contribution in [0.4, 0.5) is 5.13 Å². The lowest BCUT2D eigenvalue weighted by atomic mass is 10.3. The molecule has 0 atom stereocenters. The summed E-state index contributed by atoms with van der Waals surface area (Å²) in [4.78, 5) is 13.9. The molecule has 0 saturated heterocycles. The Kier molecular flexibility index (Phi) is 4.67. The van der Waals surface area contributed by atoms with E-state index in [0.717, 1.165) is 13.0 Å². The molecule has 16 heavy (non-hydrogen) atoms. The molecule has 0 radical (unpaired) electrons. The fourth-order valence-electron chi connectivity index (χ4n) is 1.37. The number of hydrogen-bond acceptors (Lipinski definition) is 5. The molecule has 1 N–H and O–H groups in total. The molecule has 0 fully saturated rings. The summed E-state index contributed by atoms with van der Waals surface area (Å²) < 4.78 is 0. The third kappa shape index (κ3) is 2.91. The van der Waals surface area contributed by atoms with Gasteiger partial charge in [-0.25, -0.2) is 0 Å². The van der Waals surface area contributed by atoms with Gasteiger partial charge in [-0.1, -0.05) is 18.3 Å². The first-order chi connectivity index (χ1) is 7.60. The standard InChI is InChI=1S/C10H18N4OS/c1-5-6-14(7(2)3)9(15)8-12-13-10(11-4)16-8/h7H,5-6H2,1-4H3,(H,11,13). The number of nitrogens with zero attached hydrogens (tertiary/aromatic N) is 3. The molecule has 1 aromatic heterocycles. The van der Waals surface area contributed by atoms with Crippen LogP contribution in [0.1, 0.15) is 37.0 Å². The average Bonchev–Trinajstić information content (AvgIpc) is 2.73. The van der Waals surface area contributed by atoms with Gasteiger partial charge in [0.05, 0.1) is 0 Å². The van der Waals surface area contributed by atoms with Gasteiger partial charge in [0.15, 0.2) is 0 Å². The van der Waals surface area contributed by atoms with Crippen molar-refractivity contribution in [2.45, 2.75) is 33.2 Å². The first-order valence-electron chi connectivity index (χ1n) is 5.42. The number of nitrogens with one attached hydrogen (secondary N) is 1. The fraction of sp³-hybridized carbons (Fsp3) is 0.700. The van der Waals surface area contributed by atoms with Crippen LogP contribution >= 0.6 is 11.3 Å². The maximum absolute atomic E-state index is 12.1. The van der Waals surface area contributed by atoms with E-state index >= 15 is 0 Å². The number of amides is 1. The molecule has 1 aromatic rings. The second-order valence-electron chi connectivity index (χ2n) is 3.75. The van der Waals surface area contributed by atoms with Crippen molar-refractivity contribution in [1.29, 1.82) is 0 Å². The lowest BCUT2D eigenvalue weighted by molar-refractivity contribution is 0.0704. The molecule has 0 saturated carbocycles. The van der Waals surface area contributed by atoms with E-state index in [4.69, 9.17) is 0 Å². The highest BCUT2D eigenvalue weighted by atomic mass is 32.1. The zero-order valence-corrected chi connectivity index (χ0v) is 11.0. The largest absolute Gasteiger partial charge is 0.363 e. The molecule has 1 rings (SSSR count). The van der Waals surface area contributed by atoms with E-state index in [9.17, 15) is 4.79 Å². The Morgan fingerprint density at radius 2 is 2.19 bits per heavy atom. The molecule has 1 heterocycles. The quantitative estimate of drug-likeness (QED) is 0.856. The van der Waals surface area contributed by atoms with Crippen LogP contribution in [0.5, 0.6) is 0 Å². The average molecular weight is 242 g/mol. The van der Waals surface area contributed by atoms with E-state index in [0.29, 0.717) is 10.1 Å². The van der Waals surface area contributed by atoms with Gasteiger partial charge in [0, 0.05) is 19.6 Å². The molecule has 0 aliphatic rings. The monoisotopic (exact) mass is 242 g/mol. The van der Waals surface area contributed by atoms with E-state index in [1.165, 1.54) is 11.3 Å². The molecule has 0 spiro atoms. The second-order valence-corrected chi connectivity index (χ2v) is 4.73. The molecular weight excluding hydrogens is 224 g/mol.